The molecule has 0 aliphatic carbocycles. The third kappa shape index (κ3) is 14.1. The summed E-state index contributed by atoms with van der Waals surface area (Å²) in [7, 11) is 0. The number of ketones is 2. The van der Waals surface area contributed by atoms with Crippen molar-refractivity contribution in [3.63, 3.8) is 0 Å². The van der Waals surface area contributed by atoms with Gasteiger partial charge in [0.15, 0.2) is 11.4 Å². The van der Waals surface area contributed by atoms with E-state index in [1.807, 2.05) is 92.7 Å². The van der Waals surface area contributed by atoms with E-state index in [1.165, 1.54) is 13.8 Å². The number of halogens is 2. The lowest BCUT2D eigenvalue weighted by atomic mass is 9.76. The molecule has 1 heterocycles. The van der Waals surface area contributed by atoms with Crippen LogP contribution in [0.2, 0.25) is 0 Å². The summed E-state index contributed by atoms with van der Waals surface area (Å²) in [5.74, 6) is -4.53. The van der Waals surface area contributed by atoms with Gasteiger partial charge in [-0.05, 0) is 49.8 Å². The Labute approximate surface area is 341 Å². The van der Waals surface area contributed by atoms with Crippen molar-refractivity contribution in [3.8, 4) is 0 Å². The topological polar surface area (TPSA) is 129 Å². The van der Waals surface area contributed by atoms with Crippen molar-refractivity contribution in [1.29, 1.82) is 0 Å². The van der Waals surface area contributed by atoms with Crippen molar-refractivity contribution in [2.75, 3.05) is 6.54 Å². The normalized spacial score (nSPS) is 21.1. The summed E-state index contributed by atoms with van der Waals surface area (Å²) in [5.41, 5.74) is 0.557. The highest BCUT2D eigenvalue weighted by Gasteiger charge is 2.63. The lowest BCUT2D eigenvalue weighted by Gasteiger charge is -2.53. The van der Waals surface area contributed by atoms with E-state index in [2.05, 4.69) is 10.6 Å². The number of carbonyl (C=O) groups excluding carboxylic acids is 4. The smallest absolute Gasteiger partial charge is 0.408 e. The van der Waals surface area contributed by atoms with E-state index in [1.54, 1.807) is 12.1 Å². The summed E-state index contributed by atoms with van der Waals surface area (Å²) < 4.78 is 58.1. The van der Waals surface area contributed by atoms with Gasteiger partial charge in [0.05, 0.1) is 32.0 Å². The van der Waals surface area contributed by atoms with Crippen LogP contribution < -0.4 is 10.6 Å². The number of amides is 2. The van der Waals surface area contributed by atoms with Gasteiger partial charge >= 0.3 is 6.09 Å². The molecule has 0 radical (unpaired) electrons. The Kier molecular flexibility index (Phi) is 18.4. The van der Waals surface area contributed by atoms with Crippen LogP contribution in [0.5, 0.6) is 0 Å². The van der Waals surface area contributed by atoms with Crippen LogP contribution >= 0.6 is 0 Å². The molecule has 0 saturated carbocycles. The number of alkyl carbamates (subject to hydrolysis) is 1. The first-order chi connectivity index (χ1) is 27.8. The Morgan fingerprint density at radius 1 is 0.793 bits per heavy atom. The van der Waals surface area contributed by atoms with Crippen molar-refractivity contribution in [1.82, 2.24) is 10.6 Å². The Hall–Kier alpha value is -4.52. The molecule has 1 saturated heterocycles. The van der Waals surface area contributed by atoms with Gasteiger partial charge in [-0.3, -0.25) is 9.59 Å². The molecule has 0 bridgehead atoms. The van der Waals surface area contributed by atoms with Crippen LogP contribution in [-0.2, 0) is 53.2 Å². The van der Waals surface area contributed by atoms with Crippen molar-refractivity contribution < 1.29 is 46.9 Å². The number of rotatable bonds is 24. The lowest BCUT2D eigenvalue weighted by Crippen LogP contribution is -2.68. The molecule has 1 fully saturated rings. The van der Waals surface area contributed by atoms with Crippen LogP contribution in [0.4, 0.5) is 13.6 Å². The molecular weight excluding hydrogens is 747 g/mol. The Balaban J connectivity index is 1.38. The van der Waals surface area contributed by atoms with E-state index in [0.29, 0.717) is 25.7 Å². The number of hydrogen-bond donors (Lipinski definition) is 2. The summed E-state index contributed by atoms with van der Waals surface area (Å²) in [6, 6.07) is 27.1. The van der Waals surface area contributed by atoms with Crippen LogP contribution in [0.1, 0.15) is 102 Å². The van der Waals surface area contributed by atoms with Crippen LogP contribution in [0.15, 0.2) is 91.0 Å². The van der Waals surface area contributed by atoms with Crippen LogP contribution in [0, 0.1) is 5.92 Å². The highest BCUT2D eigenvalue weighted by molar-refractivity contribution is 5.91. The van der Waals surface area contributed by atoms with Crippen LogP contribution in [0.3, 0.4) is 0 Å². The number of unbranched alkanes of at least 4 members (excludes halogenated alkanes) is 3. The van der Waals surface area contributed by atoms with Crippen LogP contribution in [0.25, 0.3) is 0 Å². The van der Waals surface area contributed by atoms with Gasteiger partial charge in [0, 0.05) is 25.2 Å². The maximum absolute atomic E-state index is 16.8. The predicted molar refractivity (Wildman–Crippen MR) is 217 cm³/mol. The van der Waals surface area contributed by atoms with E-state index >= 15 is 8.78 Å². The number of nitrogens with one attached hydrogen (secondary N) is 2. The molecular formula is C46H60F2N2O8. The van der Waals surface area contributed by atoms with Crippen molar-refractivity contribution in [3.05, 3.63) is 108 Å². The fourth-order valence-electron chi connectivity index (χ4n) is 7.24. The molecule has 12 heteroatoms. The molecule has 0 unspecified atom stereocenters. The number of benzene rings is 3. The maximum Gasteiger partial charge on any atom is 0.408 e. The highest BCUT2D eigenvalue weighted by Crippen LogP contribution is 2.48. The van der Waals surface area contributed by atoms with Gasteiger partial charge in [-0.25, -0.2) is 13.6 Å². The average Bonchev–Trinajstić information content (AvgIpc) is 3.22. The first-order valence-corrected chi connectivity index (χ1v) is 20.5. The lowest BCUT2D eigenvalue weighted by molar-refractivity contribution is -0.332. The first kappa shape index (κ1) is 46.2. The van der Waals surface area contributed by atoms with Gasteiger partial charge < -0.3 is 34.4 Å². The Bertz CT molecular complexity index is 1710. The quantitative estimate of drug-likeness (QED) is 0.0861. The zero-order valence-corrected chi connectivity index (χ0v) is 34.3. The van der Waals surface area contributed by atoms with E-state index in [4.69, 9.17) is 18.9 Å². The molecule has 58 heavy (non-hydrogen) atoms. The van der Waals surface area contributed by atoms with Gasteiger partial charge in [-0.2, -0.15) is 0 Å². The van der Waals surface area contributed by atoms with Gasteiger partial charge in [0.1, 0.15) is 24.5 Å². The molecule has 6 atom stereocenters. The second kappa shape index (κ2) is 23.2. The average molecular weight is 807 g/mol. The number of Topliss-reactive ketones (excluding diaryl/α,β-unsaturated/α-hetero) is 2. The number of ether oxygens (including phenoxy) is 4. The molecule has 4 rings (SSSR count). The van der Waals surface area contributed by atoms with E-state index in [-0.39, 0.29) is 69.5 Å². The zero-order chi connectivity index (χ0) is 42.0. The third-order valence-electron chi connectivity index (χ3n) is 10.8. The monoisotopic (exact) mass is 806 g/mol. The minimum absolute atomic E-state index is 0.000931. The highest BCUT2D eigenvalue weighted by atomic mass is 19.3. The predicted octanol–water partition coefficient (Wildman–Crippen LogP) is 8.69. The van der Waals surface area contributed by atoms with Crippen molar-refractivity contribution in [2.24, 2.45) is 5.92 Å². The standard InChI is InChI=1S/C46H60F2N2O8/c1-5-40-34(3)41(55-30-35-19-11-8-12-20-35)42(56-31-36-21-13-9-14-22-36)45(4,58-40)46(47,48)28-18-7-6-17-25-39(43(53)49-29-38(52)27-26-33(2)51)50-44(54)57-32-37-23-15-10-16-24-37/h8-16,19-24,34,39-42H,5-7,17-18,25-32H2,1-4H3,(H,49,53)(H,50,54)/t34-,39-,40+,41-,42+,45+/m0/s1. The van der Waals surface area contributed by atoms with E-state index in [0.717, 1.165) is 16.7 Å². The fraction of sp³-hybridized carbons (Fsp3) is 0.522. The zero-order valence-electron chi connectivity index (χ0n) is 34.3. The number of carbonyl (C=O) groups is 4. The molecule has 2 amide bonds. The summed E-state index contributed by atoms with van der Waals surface area (Å²) in [5, 5.41) is 5.14. The molecule has 10 nitrogen and oxygen atoms in total. The molecule has 0 aromatic heterocycles. The van der Waals surface area contributed by atoms with Crippen molar-refractivity contribution >= 4 is 23.6 Å². The van der Waals surface area contributed by atoms with Crippen LogP contribution in [-0.4, -0.2) is 66.0 Å². The van der Waals surface area contributed by atoms with E-state index < -0.39 is 54.3 Å². The first-order valence-electron chi connectivity index (χ1n) is 20.5. The summed E-state index contributed by atoms with van der Waals surface area (Å²) in [6.45, 7) is 6.81. The summed E-state index contributed by atoms with van der Waals surface area (Å²) >= 11 is 0. The largest absolute Gasteiger partial charge is 0.445 e. The molecule has 3 aromatic rings. The van der Waals surface area contributed by atoms with Crippen molar-refractivity contribution in [2.45, 2.75) is 141 Å². The fourth-order valence-corrected chi connectivity index (χ4v) is 7.24. The molecule has 2 N–H and O–H groups in total. The molecule has 1 aliphatic rings. The second-order valence-corrected chi connectivity index (χ2v) is 15.4. The number of hydrogen-bond acceptors (Lipinski definition) is 8. The maximum atomic E-state index is 16.8. The molecule has 3 aromatic carbocycles. The van der Waals surface area contributed by atoms with Gasteiger partial charge in [-0.15, -0.1) is 0 Å². The van der Waals surface area contributed by atoms with Gasteiger partial charge in [0.2, 0.25) is 5.91 Å². The minimum atomic E-state index is -3.29. The summed E-state index contributed by atoms with van der Waals surface area (Å²) in [4.78, 5) is 49.3. The Morgan fingerprint density at radius 3 is 1.91 bits per heavy atom. The molecule has 316 valence electrons. The third-order valence-corrected chi connectivity index (χ3v) is 10.8. The number of alkyl halides is 2. The molecule has 0 spiro atoms. The second-order valence-electron chi connectivity index (χ2n) is 15.4. The minimum Gasteiger partial charge on any atom is -0.445 e. The Morgan fingerprint density at radius 2 is 1.34 bits per heavy atom. The van der Waals surface area contributed by atoms with Gasteiger partial charge in [-0.1, -0.05) is 124 Å². The van der Waals surface area contributed by atoms with E-state index in [9.17, 15) is 19.2 Å². The van der Waals surface area contributed by atoms with Gasteiger partial charge in [0.25, 0.3) is 5.92 Å². The summed E-state index contributed by atoms with van der Waals surface area (Å²) in [6.07, 6.45) is -1.15. The SMILES string of the molecule is CC[C@H]1O[C@@](C)(C(F)(F)CCCCCC[C@H](NC(=O)OCc2ccccc2)C(=O)NCC(=O)CCC(C)=O)[C@H](OCc2ccccc2)[C@@H](OCc2ccccc2)[C@H]1C. The molecule has 1 aliphatic heterocycles.